The zero-order chi connectivity index (χ0) is 12.1. The number of hydrogen-bond acceptors (Lipinski definition) is 4. The van der Waals surface area contributed by atoms with Crippen LogP contribution >= 0.6 is 0 Å². The summed E-state index contributed by atoms with van der Waals surface area (Å²) in [7, 11) is 1.74. The van der Waals surface area contributed by atoms with Crippen LogP contribution in [0.25, 0.3) is 0 Å². The fourth-order valence-electron chi connectivity index (χ4n) is 3.45. The highest BCUT2D eigenvalue weighted by molar-refractivity contribution is 4.92. The maximum Gasteiger partial charge on any atom is 0.0685 e. The van der Waals surface area contributed by atoms with Gasteiger partial charge < -0.3 is 9.47 Å². The van der Waals surface area contributed by atoms with Gasteiger partial charge in [-0.3, -0.25) is 11.3 Å². The Morgan fingerprint density at radius 3 is 2.82 bits per heavy atom. The lowest BCUT2D eigenvalue weighted by molar-refractivity contribution is -0.124. The number of methoxy groups -OCH3 is 1. The second-order valence-electron chi connectivity index (χ2n) is 5.57. The second kappa shape index (κ2) is 6.14. The predicted octanol–water partition coefficient (Wildman–Crippen LogP) is 1.59. The van der Waals surface area contributed by atoms with E-state index < -0.39 is 0 Å². The first-order chi connectivity index (χ1) is 8.29. The molecule has 1 spiro atoms. The Kier molecular flexibility index (Phi) is 4.79. The molecule has 2 unspecified atom stereocenters. The van der Waals surface area contributed by atoms with Gasteiger partial charge in [0.25, 0.3) is 0 Å². The number of nitrogens with one attached hydrogen (secondary N) is 1. The van der Waals surface area contributed by atoms with Gasteiger partial charge in [-0.1, -0.05) is 19.3 Å². The summed E-state index contributed by atoms with van der Waals surface area (Å²) in [5.41, 5.74) is 3.07. The van der Waals surface area contributed by atoms with Crippen molar-refractivity contribution in [3.8, 4) is 0 Å². The molecule has 1 aliphatic heterocycles. The van der Waals surface area contributed by atoms with Crippen molar-refractivity contribution in [2.45, 2.75) is 56.6 Å². The molecule has 2 fully saturated rings. The quantitative estimate of drug-likeness (QED) is 0.581. The lowest BCUT2D eigenvalue weighted by Gasteiger charge is -2.45. The van der Waals surface area contributed by atoms with Crippen LogP contribution < -0.4 is 11.3 Å². The van der Waals surface area contributed by atoms with Crippen LogP contribution in [0.3, 0.4) is 0 Å². The zero-order valence-electron chi connectivity index (χ0n) is 10.9. The zero-order valence-corrected chi connectivity index (χ0v) is 10.9. The predicted molar refractivity (Wildman–Crippen MR) is 67.5 cm³/mol. The van der Waals surface area contributed by atoms with E-state index in [9.17, 15) is 0 Å². The molecule has 1 saturated heterocycles. The number of ether oxygens (including phenoxy) is 2. The Morgan fingerprint density at radius 1 is 1.41 bits per heavy atom. The third-order valence-corrected chi connectivity index (χ3v) is 4.43. The molecule has 0 amide bonds. The van der Waals surface area contributed by atoms with Crippen LogP contribution in [0.4, 0.5) is 0 Å². The molecule has 2 rings (SSSR count). The third-order valence-electron chi connectivity index (χ3n) is 4.43. The molecule has 0 aromatic carbocycles. The van der Waals surface area contributed by atoms with Gasteiger partial charge in [-0.05, 0) is 31.6 Å². The molecule has 0 radical (unpaired) electrons. The average Bonchev–Trinajstić information content (AvgIpc) is 2.37. The lowest BCUT2D eigenvalue weighted by atomic mass is 9.74. The van der Waals surface area contributed by atoms with Crippen molar-refractivity contribution < 1.29 is 9.47 Å². The Morgan fingerprint density at radius 2 is 2.18 bits per heavy atom. The Hall–Kier alpha value is -0.160. The summed E-state index contributed by atoms with van der Waals surface area (Å²) >= 11 is 0. The summed E-state index contributed by atoms with van der Waals surface area (Å²) < 4.78 is 11.3. The summed E-state index contributed by atoms with van der Waals surface area (Å²) in [5.74, 6) is 6.23. The van der Waals surface area contributed by atoms with Crippen molar-refractivity contribution in [2.75, 3.05) is 20.3 Å². The van der Waals surface area contributed by atoms with Gasteiger partial charge in [-0.15, -0.1) is 0 Å². The summed E-state index contributed by atoms with van der Waals surface area (Å²) in [5, 5.41) is 0. The van der Waals surface area contributed by atoms with Gasteiger partial charge in [-0.2, -0.15) is 0 Å². The van der Waals surface area contributed by atoms with Crippen molar-refractivity contribution in [3.05, 3.63) is 0 Å². The fourth-order valence-corrected chi connectivity index (χ4v) is 3.45. The highest BCUT2D eigenvalue weighted by Gasteiger charge is 2.40. The fraction of sp³-hybridized carbons (Fsp3) is 1.00. The normalized spacial score (nSPS) is 30.4. The van der Waals surface area contributed by atoms with Crippen LogP contribution in [0.1, 0.15) is 44.9 Å². The highest BCUT2D eigenvalue weighted by Crippen LogP contribution is 2.41. The molecule has 100 valence electrons. The van der Waals surface area contributed by atoms with Gasteiger partial charge in [0, 0.05) is 19.8 Å². The molecule has 1 heterocycles. The van der Waals surface area contributed by atoms with Crippen LogP contribution in [0.2, 0.25) is 0 Å². The van der Waals surface area contributed by atoms with Crippen LogP contribution in [0.15, 0.2) is 0 Å². The van der Waals surface area contributed by atoms with E-state index in [0.29, 0.717) is 12.5 Å². The molecule has 4 heteroatoms. The molecule has 4 nitrogen and oxygen atoms in total. The minimum Gasteiger partial charge on any atom is -0.383 e. The molecule has 0 aromatic rings. The molecule has 2 aliphatic rings. The van der Waals surface area contributed by atoms with Crippen molar-refractivity contribution >= 4 is 0 Å². The first kappa shape index (κ1) is 13.3. The summed E-state index contributed by atoms with van der Waals surface area (Å²) in [6, 6.07) is 0.266. The Balaban J connectivity index is 1.95. The van der Waals surface area contributed by atoms with Crippen molar-refractivity contribution in [1.82, 2.24) is 5.43 Å². The monoisotopic (exact) mass is 242 g/mol. The lowest BCUT2D eigenvalue weighted by Crippen LogP contribution is -2.51. The standard InChI is InChI=1S/C13H26N2O2/c1-16-10-12(15-14)11-5-8-17-13(9-11)6-3-2-4-7-13/h11-12,15H,2-10,14H2,1H3. The van der Waals surface area contributed by atoms with Gasteiger partial charge >= 0.3 is 0 Å². The Bertz CT molecular complexity index is 224. The highest BCUT2D eigenvalue weighted by atomic mass is 16.5. The van der Waals surface area contributed by atoms with E-state index in [1.165, 1.54) is 32.1 Å². The summed E-state index contributed by atoms with van der Waals surface area (Å²) in [4.78, 5) is 0. The third kappa shape index (κ3) is 3.19. The maximum absolute atomic E-state index is 6.10. The van der Waals surface area contributed by atoms with E-state index in [2.05, 4.69) is 5.43 Å². The van der Waals surface area contributed by atoms with Gasteiger partial charge in [0.1, 0.15) is 0 Å². The van der Waals surface area contributed by atoms with E-state index in [0.717, 1.165) is 19.4 Å². The first-order valence-corrected chi connectivity index (χ1v) is 6.89. The topological polar surface area (TPSA) is 56.5 Å². The van der Waals surface area contributed by atoms with E-state index in [1.54, 1.807) is 7.11 Å². The van der Waals surface area contributed by atoms with Crippen molar-refractivity contribution in [1.29, 1.82) is 0 Å². The molecule has 0 aromatic heterocycles. The molecule has 1 saturated carbocycles. The smallest absolute Gasteiger partial charge is 0.0685 e. The van der Waals surface area contributed by atoms with Gasteiger partial charge in [0.05, 0.1) is 12.2 Å². The summed E-state index contributed by atoms with van der Waals surface area (Å²) in [6.45, 7) is 1.57. The van der Waals surface area contributed by atoms with E-state index >= 15 is 0 Å². The average molecular weight is 242 g/mol. The minimum atomic E-state index is 0.157. The van der Waals surface area contributed by atoms with Crippen molar-refractivity contribution in [2.24, 2.45) is 11.8 Å². The van der Waals surface area contributed by atoms with Crippen molar-refractivity contribution in [3.63, 3.8) is 0 Å². The molecule has 17 heavy (non-hydrogen) atoms. The number of hydrazine groups is 1. The number of hydrogen-bond donors (Lipinski definition) is 2. The Labute approximate surface area is 104 Å². The molecule has 2 atom stereocenters. The van der Waals surface area contributed by atoms with Crippen LogP contribution in [0, 0.1) is 5.92 Å². The molecular weight excluding hydrogens is 216 g/mol. The second-order valence-corrected chi connectivity index (χ2v) is 5.57. The molecule has 1 aliphatic carbocycles. The van der Waals surface area contributed by atoms with Gasteiger partial charge in [0.2, 0.25) is 0 Å². The maximum atomic E-state index is 6.10. The minimum absolute atomic E-state index is 0.157. The largest absolute Gasteiger partial charge is 0.383 e. The van der Waals surface area contributed by atoms with Crippen LogP contribution in [-0.2, 0) is 9.47 Å². The number of rotatable bonds is 4. The van der Waals surface area contributed by atoms with E-state index in [-0.39, 0.29) is 11.6 Å². The molecule has 3 N–H and O–H groups in total. The molecule has 0 bridgehead atoms. The molecular formula is C13H26N2O2. The van der Waals surface area contributed by atoms with E-state index in [4.69, 9.17) is 15.3 Å². The van der Waals surface area contributed by atoms with Crippen LogP contribution in [-0.4, -0.2) is 32.0 Å². The van der Waals surface area contributed by atoms with Crippen LogP contribution in [0.5, 0.6) is 0 Å². The SMILES string of the molecule is COCC(NN)C1CCOC2(CCCCC2)C1. The van der Waals surface area contributed by atoms with Gasteiger partial charge in [-0.25, -0.2) is 0 Å². The first-order valence-electron chi connectivity index (χ1n) is 6.89. The van der Waals surface area contributed by atoms with Gasteiger partial charge in [0.15, 0.2) is 0 Å². The number of nitrogens with two attached hydrogens (primary N) is 1. The summed E-state index contributed by atoms with van der Waals surface area (Å²) in [6.07, 6.45) is 8.70. The van der Waals surface area contributed by atoms with E-state index in [1.807, 2.05) is 0 Å².